The van der Waals surface area contributed by atoms with Gasteiger partial charge in [-0.25, -0.2) is 9.69 Å². The minimum atomic E-state index is -0.825. The molecule has 0 spiro atoms. The van der Waals surface area contributed by atoms with E-state index in [2.05, 4.69) is 5.32 Å². The Morgan fingerprint density at radius 3 is 2.59 bits per heavy atom. The Bertz CT molecular complexity index is 1000. The first-order valence-electron chi connectivity index (χ1n) is 7.86. The third-order valence-corrected chi connectivity index (χ3v) is 4.23. The van der Waals surface area contributed by atoms with E-state index in [0.29, 0.717) is 11.3 Å². The molecule has 1 heterocycles. The highest BCUT2D eigenvalue weighted by molar-refractivity contribution is 6.39. The summed E-state index contributed by atoms with van der Waals surface area (Å²) >= 11 is 5.94. The van der Waals surface area contributed by atoms with Crippen molar-refractivity contribution in [2.75, 3.05) is 12.0 Å². The van der Waals surface area contributed by atoms with Gasteiger partial charge in [-0.3, -0.25) is 14.9 Å². The molecule has 1 aliphatic heterocycles. The monoisotopic (exact) mass is 386 g/mol. The number of amides is 4. The first-order valence-corrected chi connectivity index (χ1v) is 8.24. The maximum Gasteiger partial charge on any atom is 0.335 e. The number of carbonyl (C=O) groups excluding carboxylic acids is 3. The van der Waals surface area contributed by atoms with E-state index in [-0.39, 0.29) is 22.1 Å². The van der Waals surface area contributed by atoms with Crippen LogP contribution in [0.4, 0.5) is 10.5 Å². The van der Waals surface area contributed by atoms with E-state index in [1.165, 1.54) is 25.3 Å². The van der Waals surface area contributed by atoms with E-state index in [1.54, 1.807) is 18.2 Å². The Morgan fingerprint density at radius 1 is 1.19 bits per heavy atom. The molecule has 4 amide bonds. The Kier molecular flexibility index (Phi) is 4.87. The van der Waals surface area contributed by atoms with Crippen molar-refractivity contribution in [1.82, 2.24) is 5.32 Å². The van der Waals surface area contributed by atoms with E-state index < -0.39 is 17.8 Å². The molecule has 3 rings (SSSR count). The number of phenols is 1. The lowest BCUT2D eigenvalue weighted by atomic mass is 10.1. The number of barbiturate groups is 1. The van der Waals surface area contributed by atoms with E-state index in [4.69, 9.17) is 16.3 Å². The smallest absolute Gasteiger partial charge is 0.335 e. The molecule has 0 saturated carbocycles. The van der Waals surface area contributed by atoms with Crippen LogP contribution in [0.5, 0.6) is 11.5 Å². The van der Waals surface area contributed by atoms with E-state index >= 15 is 0 Å². The number of aromatic hydroxyl groups is 1. The van der Waals surface area contributed by atoms with Crippen molar-refractivity contribution in [3.63, 3.8) is 0 Å². The van der Waals surface area contributed by atoms with Crippen molar-refractivity contribution in [2.45, 2.75) is 6.92 Å². The first kappa shape index (κ1) is 18.5. The summed E-state index contributed by atoms with van der Waals surface area (Å²) in [6.45, 7) is 1.82. The van der Waals surface area contributed by atoms with Gasteiger partial charge in [-0.05, 0) is 48.4 Å². The average molecular weight is 387 g/mol. The normalized spacial score (nSPS) is 15.9. The number of hydrogen-bond acceptors (Lipinski definition) is 5. The number of hydrogen-bond donors (Lipinski definition) is 2. The zero-order valence-electron chi connectivity index (χ0n) is 14.4. The Balaban J connectivity index is 2.06. The molecule has 1 aliphatic rings. The second-order valence-corrected chi connectivity index (χ2v) is 6.26. The predicted octanol–water partition coefficient (Wildman–Crippen LogP) is 3.03. The van der Waals surface area contributed by atoms with Gasteiger partial charge in [0.1, 0.15) is 5.57 Å². The number of anilines is 1. The lowest BCUT2D eigenvalue weighted by Crippen LogP contribution is -2.54. The third kappa shape index (κ3) is 3.50. The van der Waals surface area contributed by atoms with Gasteiger partial charge in [-0.1, -0.05) is 23.7 Å². The van der Waals surface area contributed by atoms with Gasteiger partial charge in [0.15, 0.2) is 11.5 Å². The first-order chi connectivity index (χ1) is 12.8. The Morgan fingerprint density at radius 2 is 1.93 bits per heavy atom. The summed E-state index contributed by atoms with van der Waals surface area (Å²) in [5, 5.41) is 12.0. The number of ether oxygens (including phenoxy) is 1. The number of halogens is 1. The number of benzene rings is 2. The number of methoxy groups -OCH3 is 1. The molecule has 27 heavy (non-hydrogen) atoms. The molecule has 1 fully saturated rings. The molecule has 2 N–H and O–H groups in total. The quantitative estimate of drug-likeness (QED) is 0.624. The van der Waals surface area contributed by atoms with Crippen LogP contribution in [-0.2, 0) is 9.59 Å². The number of nitrogens with zero attached hydrogens (tertiary/aromatic N) is 1. The molecular weight excluding hydrogens is 372 g/mol. The fourth-order valence-electron chi connectivity index (χ4n) is 2.66. The highest BCUT2D eigenvalue weighted by atomic mass is 35.5. The number of aryl methyl sites for hydroxylation is 1. The van der Waals surface area contributed by atoms with Gasteiger partial charge in [-0.15, -0.1) is 0 Å². The summed E-state index contributed by atoms with van der Waals surface area (Å²) in [5.41, 5.74) is 1.30. The molecule has 0 bridgehead atoms. The number of carbonyl (C=O) groups is 3. The van der Waals surface area contributed by atoms with Crippen molar-refractivity contribution < 1.29 is 24.2 Å². The molecule has 0 unspecified atom stereocenters. The number of phenolic OH excluding ortho intramolecular Hbond substituents is 1. The minimum Gasteiger partial charge on any atom is -0.503 e. The van der Waals surface area contributed by atoms with Crippen LogP contribution in [0.3, 0.4) is 0 Å². The lowest BCUT2D eigenvalue weighted by Gasteiger charge is -2.26. The van der Waals surface area contributed by atoms with Crippen molar-refractivity contribution in [1.29, 1.82) is 0 Å². The van der Waals surface area contributed by atoms with E-state index in [0.717, 1.165) is 10.5 Å². The second-order valence-electron chi connectivity index (χ2n) is 5.85. The van der Waals surface area contributed by atoms with Gasteiger partial charge in [0, 0.05) is 0 Å². The lowest BCUT2D eigenvalue weighted by molar-refractivity contribution is -0.122. The summed E-state index contributed by atoms with van der Waals surface area (Å²) in [7, 11) is 1.35. The van der Waals surface area contributed by atoms with Gasteiger partial charge in [0.05, 0.1) is 17.8 Å². The van der Waals surface area contributed by atoms with Crippen LogP contribution in [0.1, 0.15) is 11.1 Å². The van der Waals surface area contributed by atoms with Crippen LogP contribution < -0.4 is 15.0 Å². The number of urea groups is 1. The van der Waals surface area contributed by atoms with Crippen molar-refractivity contribution in [3.05, 3.63) is 58.1 Å². The van der Waals surface area contributed by atoms with Crippen molar-refractivity contribution >= 4 is 41.2 Å². The standard InChI is InChI=1S/C19H15ClN2O5/c1-10-4-3-5-12(6-10)22-18(25)13(17(24)21-19(22)26)7-11-8-14(20)16(23)15(9-11)27-2/h3-9,23H,1-2H3,(H,21,24,26)/b13-7-. The van der Waals surface area contributed by atoms with E-state index in [9.17, 15) is 19.5 Å². The van der Waals surface area contributed by atoms with Gasteiger partial charge in [0.2, 0.25) is 0 Å². The Hall–Kier alpha value is -3.32. The van der Waals surface area contributed by atoms with Gasteiger partial charge < -0.3 is 9.84 Å². The minimum absolute atomic E-state index is 0.00326. The zero-order valence-corrected chi connectivity index (χ0v) is 15.2. The van der Waals surface area contributed by atoms with Crippen LogP contribution in [0, 0.1) is 6.92 Å². The molecule has 0 atom stereocenters. The van der Waals surface area contributed by atoms with Gasteiger partial charge in [0.25, 0.3) is 11.8 Å². The molecule has 138 valence electrons. The maximum absolute atomic E-state index is 12.8. The molecule has 2 aromatic rings. The van der Waals surface area contributed by atoms with Gasteiger partial charge in [-0.2, -0.15) is 0 Å². The van der Waals surface area contributed by atoms with Crippen molar-refractivity contribution in [2.24, 2.45) is 0 Å². The maximum atomic E-state index is 12.8. The van der Waals surface area contributed by atoms with Gasteiger partial charge >= 0.3 is 6.03 Å². The summed E-state index contributed by atoms with van der Waals surface area (Å²) in [6, 6.07) is 8.75. The second kappa shape index (κ2) is 7.13. The number of rotatable bonds is 3. The van der Waals surface area contributed by atoms with Crippen LogP contribution in [0.15, 0.2) is 42.0 Å². The predicted molar refractivity (Wildman–Crippen MR) is 99.8 cm³/mol. The van der Waals surface area contributed by atoms with E-state index in [1.807, 2.05) is 13.0 Å². The summed E-state index contributed by atoms with van der Waals surface area (Å²) in [4.78, 5) is 38.1. The molecular formula is C19H15ClN2O5. The average Bonchev–Trinajstić information content (AvgIpc) is 2.61. The summed E-state index contributed by atoms with van der Waals surface area (Å²) in [5.74, 6) is -1.75. The van der Waals surface area contributed by atoms with Crippen LogP contribution >= 0.6 is 11.6 Å². The molecule has 0 aliphatic carbocycles. The Labute approximate surface area is 159 Å². The molecule has 1 saturated heterocycles. The van der Waals surface area contributed by atoms with Crippen LogP contribution in [0.2, 0.25) is 5.02 Å². The SMILES string of the molecule is COc1cc(/C=C2/C(=O)NC(=O)N(c3cccc(C)c3)C2=O)cc(Cl)c1O. The number of imide groups is 2. The van der Waals surface area contributed by atoms with Crippen LogP contribution in [-0.4, -0.2) is 30.1 Å². The van der Waals surface area contributed by atoms with Crippen molar-refractivity contribution in [3.8, 4) is 11.5 Å². The fourth-order valence-corrected chi connectivity index (χ4v) is 2.88. The third-order valence-electron chi connectivity index (χ3n) is 3.94. The highest BCUT2D eigenvalue weighted by Gasteiger charge is 2.36. The summed E-state index contributed by atoms with van der Waals surface area (Å²) in [6.07, 6.45) is 1.28. The molecule has 2 aromatic carbocycles. The molecule has 0 radical (unpaired) electrons. The summed E-state index contributed by atoms with van der Waals surface area (Å²) < 4.78 is 5.02. The molecule has 7 nitrogen and oxygen atoms in total. The number of nitrogens with one attached hydrogen (secondary N) is 1. The molecule has 0 aromatic heterocycles. The largest absolute Gasteiger partial charge is 0.503 e. The zero-order chi connectivity index (χ0) is 19.7. The van der Waals surface area contributed by atoms with Crippen LogP contribution in [0.25, 0.3) is 6.08 Å². The highest BCUT2D eigenvalue weighted by Crippen LogP contribution is 2.35. The molecule has 8 heteroatoms. The fraction of sp³-hybridized carbons (Fsp3) is 0.105. The topological polar surface area (TPSA) is 95.9 Å².